The summed E-state index contributed by atoms with van der Waals surface area (Å²) in [6.45, 7) is 5.28. The van der Waals surface area contributed by atoms with Gasteiger partial charge in [0.15, 0.2) is 0 Å². The summed E-state index contributed by atoms with van der Waals surface area (Å²) in [4.78, 5) is 0. The van der Waals surface area contributed by atoms with Crippen molar-refractivity contribution in [1.29, 1.82) is 0 Å². The molecule has 1 aromatic rings. The van der Waals surface area contributed by atoms with E-state index in [1.807, 2.05) is 0 Å². The van der Waals surface area contributed by atoms with E-state index in [2.05, 4.69) is 42.1 Å². The Bertz CT molecular complexity index is 343. The van der Waals surface area contributed by atoms with E-state index in [-0.39, 0.29) is 0 Å². The van der Waals surface area contributed by atoms with Crippen LogP contribution in [0.4, 0.5) is 0 Å². The molecular weight excluding hydrogens is 198 g/mol. The van der Waals surface area contributed by atoms with Crippen LogP contribution in [-0.2, 0) is 6.54 Å². The van der Waals surface area contributed by atoms with E-state index < -0.39 is 0 Å². The SMILES string of the molecule is CNC1CCCC1CCn1nc(C)cc1C. The van der Waals surface area contributed by atoms with Crippen LogP contribution in [-0.4, -0.2) is 22.9 Å². The molecule has 0 aliphatic heterocycles. The van der Waals surface area contributed by atoms with E-state index in [0.717, 1.165) is 24.2 Å². The smallest absolute Gasteiger partial charge is 0.0596 e. The lowest BCUT2D eigenvalue weighted by atomic mass is 10.00. The van der Waals surface area contributed by atoms with Crippen molar-refractivity contribution in [2.45, 2.75) is 52.1 Å². The zero-order chi connectivity index (χ0) is 11.5. The van der Waals surface area contributed by atoms with E-state index in [1.165, 1.54) is 31.4 Å². The van der Waals surface area contributed by atoms with Gasteiger partial charge in [-0.05, 0) is 52.1 Å². The maximum atomic E-state index is 4.52. The first-order valence-corrected chi connectivity index (χ1v) is 6.39. The fraction of sp³-hybridized carbons (Fsp3) is 0.769. The molecule has 1 saturated carbocycles. The number of rotatable bonds is 4. The molecule has 1 aliphatic carbocycles. The molecule has 0 saturated heterocycles. The van der Waals surface area contributed by atoms with Gasteiger partial charge < -0.3 is 5.32 Å². The van der Waals surface area contributed by atoms with Crippen molar-refractivity contribution in [3.05, 3.63) is 17.5 Å². The van der Waals surface area contributed by atoms with Crippen molar-refractivity contribution in [3.63, 3.8) is 0 Å². The lowest BCUT2D eigenvalue weighted by Gasteiger charge is -2.19. The summed E-state index contributed by atoms with van der Waals surface area (Å²) in [5, 5.41) is 7.96. The van der Waals surface area contributed by atoms with Crippen molar-refractivity contribution in [1.82, 2.24) is 15.1 Å². The monoisotopic (exact) mass is 221 g/mol. The first-order valence-electron chi connectivity index (χ1n) is 6.39. The summed E-state index contributed by atoms with van der Waals surface area (Å²) in [7, 11) is 2.09. The molecule has 1 fully saturated rings. The Morgan fingerprint density at radius 3 is 2.88 bits per heavy atom. The predicted molar refractivity (Wildman–Crippen MR) is 66.5 cm³/mol. The molecule has 3 heteroatoms. The van der Waals surface area contributed by atoms with Gasteiger partial charge in [0, 0.05) is 18.3 Å². The molecule has 0 aromatic carbocycles. The highest BCUT2D eigenvalue weighted by Gasteiger charge is 2.25. The second-order valence-corrected chi connectivity index (χ2v) is 5.03. The van der Waals surface area contributed by atoms with Crippen molar-refractivity contribution < 1.29 is 0 Å². The Hall–Kier alpha value is -0.830. The fourth-order valence-electron chi connectivity index (χ4n) is 2.95. The second kappa shape index (κ2) is 5.00. The Morgan fingerprint density at radius 2 is 2.25 bits per heavy atom. The van der Waals surface area contributed by atoms with Crippen molar-refractivity contribution in [3.8, 4) is 0 Å². The molecule has 1 aromatic heterocycles. The lowest BCUT2D eigenvalue weighted by molar-refractivity contribution is 0.367. The third-order valence-electron chi connectivity index (χ3n) is 3.84. The predicted octanol–water partition coefficient (Wildman–Crippen LogP) is 2.28. The zero-order valence-corrected chi connectivity index (χ0v) is 10.7. The zero-order valence-electron chi connectivity index (χ0n) is 10.7. The number of nitrogens with zero attached hydrogens (tertiary/aromatic N) is 2. The molecule has 90 valence electrons. The van der Waals surface area contributed by atoms with E-state index in [4.69, 9.17) is 0 Å². The third kappa shape index (κ3) is 2.46. The fourth-order valence-corrected chi connectivity index (χ4v) is 2.95. The molecule has 0 radical (unpaired) electrons. The van der Waals surface area contributed by atoms with Crippen LogP contribution in [0.25, 0.3) is 0 Å². The first-order chi connectivity index (χ1) is 7.70. The summed E-state index contributed by atoms with van der Waals surface area (Å²) >= 11 is 0. The van der Waals surface area contributed by atoms with Crippen molar-refractivity contribution in [2.75, 3.05) is 7.05 Å². The number of aryl methyl sites for hydroxylation is 3. The van der Waals surface area contributed by atoms with Crippen LogP contribution in [0, 0.1) is 19.8 Å². The van der Waals surface area contributed by atoms with Crippen LogP contribution in [0.3, 0.4) is 0 Å². The normalized spacial score (nSPS) is 25.2. The molecule has 1 aliphatic rings. The van der Waals surface area contributed by atoms with Crippen LogP contribution in [0.5, 0.6) is 0 Å². The molecule has 0 bridgehead atoms. The lowest BCUT2D eigenvalue weighted by Crippen LogP contribution is -2.29. The highest BCUT2D eigenvalue weighted by atomic mass is 15.3. The van der Waals surface area contributed by atoms with E-state index in [9.17, 15) is 0 Å². The summed E-state index contributed by atoms with van der Waals surface area (Å²) in [5.41, 5.74) is 2.42. The Kier molecular flexibility index (Phi) is 3.64. The Morgan fingerprint density at radius 1 is 1.44 bits per heavy atom. The third-order valence-corrected chi connectivity index (χ3v) is 3.84. The van der Waals surface area contributed by atoms with Crippen LogP contribution < -0.4 is 5.32 Å². The molecule has 2 unspecified atom stereocenters. The summed E-state index contributed by atoms with van der Waals surface area (Å²) in [6.07, 6.45) is 5.36. The molecule has 2 rings (SSSR count). The van der Waals surface area contributed by atoms with E-state index >= 15 is 0 Å². The highest BCUT2D eigenvalue weighted by molar-refractivity contribution is 5.06. The molecule has 3 nitrogen and oxygen atoms in total. The minimum absolute atomic E-state index is 0.733. The second-order valence-electron chi connectivity index (χ2n) is 5.03. The van der Waals surface area contributed by atoms with Crippen LogP contribution >= 0.6 is 0 Å². The van der Waals surface area contributed by atoms with Crippen LogP contribution in [0.15, 0.2) is 6.07 Å². The summed E-state index contributed by atoms with van der Waals surface area (Å²) < 4.78 is 2.15. The number of hydrogen-bond donors (Lipinski definition) is 1. The quantitative estimate of drug-likeness (QED) is 0.845. The maximum Gasteiger partial charge on any atom is 0.0596 e. The van der Waals surface area contributed by atoms with Crippen molar-refractivity contribution in [2.24, 2.45) is 5.92 Å². The van der Waals surface area contributed by atoms with Gasteiger partial charge in [0.2, 0.25) is 0 Å². The highest BCUT2D eigenvalue weighted by Crippen LogP contribution is 2.28. The maximum absolute atomic E-state index is 4.52. The van der Waals surface area contributed by atoms with E-state index in [1.54, 1.807) is 0 Å². The van der Waals surface area contributed by atoms with Crippen molar-refractivity contribution >= 4 is 0 Å². The van der Waals surface area contributed by atoms with Gasteiger partial charge in [0.05, 0.1) is 5.69 Å². The standard InChI is InChI=1S/C13H23N3/c1-10-9-11(2)16(15-10)8-7-12-5-4-6-13(12)14-3/h9,12-14H,4-8H2,1-3H3. The minimum Gasteiger partial charge on any atom is -0.317 e. The molecule has 0 spiro atoms. The number of aromatic nitrogens is 2. The van der Waals surface area contributed by atoms with Crippen LogP contribution in [0.1, 0.15) is 37.1 Å². The summed E-state index contributed by atoms with van der Waals surface area (Å²) in [5.74, 6) is 0.842. The molecular formula is C13H23N3. The van der Waals surface area contributed by atoms with Gasteiger partial charge in [-0.25, -0.2) is 0 Å². The Labute approximate surface area is 98.2 Å². The van der Waals surface area contributed by atoms with Gasteiger partial charge in [0.1, 0.15) is 0 Å². The van der Waals surface area contributed by atoms with Gasteiger partial charge in [-0.3, -0.25) is 4.68 Å². The summed E-state index contributed by atoms with van der Waals surface area (Å²) in [6, 6.07) is 2.89. The average molecular weight is 221 g/mol. The number of nitrogens with one attached hydrogen (secondary N) is 1. The molecule has 1 heterocycles. The number of hydrogen-bond acceptors (Lipinski definition) is 2. The average Bonchev–Trinajstić information content (AvgIpc) is 2.81. The van der Waals surface area contributed by atoms with Gasteiger partial charge in [0.25, 0.3) is 0 Å². The molecule has 2 atom stereocenters. The van der Waals surface area contributed by atoms with E-state index in [0.29, 0.717) is 0 Å². The van der Waals surface area contributed by atoms with Gasteiger partial charge >= 0.3 is 0 Å². The first kappa shape index (κ1) is 11.6. The van der Waals surface area contributed by atoms with Gasteiger partial charge in [-0.1, -0.05) is 6.42 Å². The minimum atomic E-state index is 0.733. The molecule has 1 N–H and O–H groups in total. The Balaban J connectivity index is 1.89. The molecule has 0 amide bonds. The topological polar surface area (TPSA) is 29.9 Å². The van der Waals surface area contributed by atoms with Gasteiger partial charge in [-0.15, -0.1) is 0 Å². The van der Waals surface area contributed by atoms with Crippen LogP contribution in [0.2, 0.25) is 0 Å². The largest absolute Gasteiger partial charge is 0.317 e. The van der Waals surface area contributed by atoms with Gasteiger partial charge in [-0.2, -0.15) is 5.10 Å². The molecule has 16 heavy (non-hydrogen) atoms.